The normalized spacial score (nSPS) is 13.3. The lowest BCUT2D eigenvalue weighted by molar-refractivity contribution is -0.870. The first-order chi connectivity index (χ1) is 45.0. The summed E-state index contributed by atoms with van der Waals surface area (Å²) >= 11 is 0. The number of quaternary nitrogens is 1. The van der Waals surface area contributed by atoms with Gasteiger partial charge in [-0.1, -0.05) is 364 Å². The van der Waals surface area contributed by atoms with Crippen LogP contribution < -0.4 is 0 Å². The molecule has 0 aromatic carbocycles. The highest BCUT2D eigenvalue weighted by molar-refractivity contribution is 7.47. The summed E-state index contributed by atoms with van der Waals surface area (Å²) in [7, 11) is 1.50. The number of hydrogen-bond donors (Lipinski definition) is 1. The van der Waals surface area contributed by atoms with E-state index < -0.39 is 26.5 Å². The predicted molar refractivity (Wildman–Crippen MR) is 400 cm³/mol. The van der Waals surface area contributed by atoms with E-state index in [2.05, 4.69) is 74.6 Å². The number of hydrogen-bond acceptors (Lipinski definition) is 7. The second kappa shape index (κ2) is 73.0. The SMILES string of the molecule is CCCCCCC/C=C\C/C=C\C/C=C\CCCCCCCCCCCCCCCCCCCCCCCCC(=O)OC(COC(=O)CCCCCCCCCCCCCCCCCCCCC/C=C\C/C=C\CCCCCCC)COP(=O)(O)OCC[N+](C)(C)C. The predicted octanol–water partition coefficient (Wildman–Crippen LogP) is 26.5. The molecule has 0 heterocycles. The maximum absolute atomic E-state index is 12.9. The molecule has 0 bridgehead atoms. The van der Waals surface area contributed by atoms with Gasteiger partial charge >= 0.3 is 19.8 Å². The summed E-state index contributed by atoms with van der Waals surface area (Å²) in [5.41, 5.74) is 0. The second-order valence-electron chi connectivity index (χ2n) is 28.4. The quantitative estimate of drug-likeness (QED) is 0.0211. The van der Waals surface area contributed by atoms with E-state index in [0.29, 0.717) is 23.9 Å². The molecule has 0 aliphatic rings. The molecule has 1 N–H and O–H groups in total. The van der Waals surface area contributed by atoms with Crippen LogP contribution in [0.5, 0.6) is 0 Å². The van der Waals surface area contributed by atoms with Crippen molar-refractivity contribution in [3.05, 3.63) is 60.8 Å². The summed E-state index contributed by atoms with van der Waals surface area (Å²) in [6.45, 7) is 4.48. The number of rotatable bonds is 75. The molecule has 0 saturated carbocycles. The van der Waals surface area contributed by atoms with Crippen molar-refractivity contribution in [2.75, 3.05) is 47.5 Å². The molecule has 92 heavy (non-hydrogen) atoms. The van der Waals surface area contributed by atoms with Gasteiger partial charge in [0.1, 0.15) is 19.8 Å². The minimum Gasteiger partial charge on any atom is -0.462 e. The number of allylic oxidation sites excluding steroid dienone is 10. The Morgan fingerprint density at radius 2 is 0.587 bits per heavy atom. The number of esters is 2. The average Bonchev–Trinajstić information content (AvgIpc) is 2.34. The van der Waals surface area contributed by atoms with Crippen molar-refractivity contribution < 1.29 is 42.1 Å². The monoisotopic (exact) mass is 1310 g/mol. The molecule has 0 aromatic heterocycles. The lowest BCUT2D eigenvalue weighted by Crippen LogP contribution is -2.37. The van der Waals surface area contributed by atoms with Crippen LogP contribution in [0.15, 0.2) is 60.8 Å². The Bertz CT molecular complexity index is 1740. The number of nitrogens with zero attached hydrogens (tertiary/aromatic N) is 1. The third-order valence-corrected chi connectivity index (χ3v) is 19.0. The molecule has 2 atom stereocenters. The average molecular weight is 1310 g/mol. The Morgan fingerprint density at radius 3 is 0.870 bits per heavy atom. The highest BCUT2D eigenvalue weighted by Gasteiger charge is 2.27. The Kier molecular flexibility index (Phi) is 71.2. The van der Waals surface area contributed by atoms with Crippen molar-refractivity contribution in [2.45, 2.75) is 405 Å². The van der Waals surface area contributed by atoms with Crippen LogP contribution in [0, 0.1) is 0 Å². The molecule has 0 rings (SSSR count). The molecule has 0 aliphatic heterocycles. The van der Waals surface area contributed by atoms with Gasteiger partial charge in [-0.3, -0.25) is 18.6 Å². The van der Waals surface area contributed by atoms with E-state index in [-0.39, 0.29) is 25.6 Å². The topological polar surface area (TPSA) is 108 Å². The molecule has 0 spiro atoms. The summed E-state index contributed by atoms with van der Waals surface area (Å²) in [5.74, 6) is -0.775. The Hall–Kier alpha value is -2.29. The summed E-state index contributed by atoms with van der Waals surface area (Å²) in [5, 5.41) is 0. The van der Waals surface area contributed by atoms with E-state index in [1.165, 1.54) is 315 Å². The molecule has 2 unspecified atom stereocenters. The van der Waals surface area contributed by atoms with Crippen LogP contribution in [0.3, 0.4) is 0 Å². The standard InChI is InChI=1S/C82H154NO8P/c1-6-8-10-12-14-16-18-20-22-24-26-28-30-32-34-36-38-39-40-41-42-43-45-47-49-51-53-55-57-59-61-63-65-67-69-71-73-75-82(85)91-80(79-90-92(86,87)89-77-76-83(3,4)5)78-88-81(84)74-72-70-68-66-64-62-60-58-56-54-52-50-48-46-44-37-35-33-31-29-27-25-23-21-19-17-15-13-11-9-7-2/h18-21,24-27,30,32,80H,6-17,22-23,28-29,31,33-79H2,1-5H3/p+1/b20-18-,21-19-,26-24-,27-25-,32-30-. The number of likely N-dealkylation sites (N-methyl/N-ethyl adjacent to an activating group) is 1. The number of phosphoric ester groups is 1. The van der Waals surface area contributed by atoms with Crippen molar-refractivity contribution in [1.29, 1.82) is 0 Å². The lowest BCUT2D eigenvalue weighted by Gasteiger charge is -2.24. The van der Waals surface area contributed by atoms with Gasteiger partial charge in [0.15, 0.2) is 6.10 Å². The largest absolute Gasteiger partial charge is 0.472 e. The third-order valence-electron chi connectivity index (χ3n) is 18.0. The molecule has 9 nitrogen and oxygen atoms in total. The number of carbonyl (C=O) groups is 2. The fraction of sp³-hybridized carbons (Fsp3) is 0.854. The second-order valence-corrected chi connectivity index (χ2v) is 29.9. The van der Waals surface area contributed by atoms with E-state index in [9.17, 15) is 19.0 Å². The molecule has 0 radical (unpaired) electrons. The fourth-order valence-corrected chi connectivity index (χ4v) is 12.6. The van der Waals surface area contributed by atoms with E-state index in [4.69, 9.17) is 18.5 Å². The van der Waals surface area contributed by atoms with E-state index >= 15 is 0 Å². The van der Waals surface area contributed by atoms with Crippen LogP contribution in [0.25, 0.3) is 0 Å². The molecule has 0 aliphatic carbocycles. The van der Waals surface area contributed by atoms with Gasteiger partial charge in [-0.05, 0) is 83.5 Å². The van der Waals surface area contributed by atoms with Crippen LogP contribution in [-0.4, -0.2) is 74.9 Å². The molecule has 0 amide bonds. The highest BCUT2D eigenvalue weighted by atomic mass is 31.2. The summed E-state index contributed by atoms with van der Waals surface area (Å²) in [4.78, 5) is 36.0. The van der Waals surface area contributed by atoms with Gasteiger partial charge in [0.05, 0.1) is 27.7 Å². The minimum atomic E-state index is -4.39. The van der Waals surface area contributed by atoms with Crippen LogP contribution >= 0.6 is 7.82 Å². The van der Waals surface area contributed by atoms with Gasteiger partial charge in [-0.15, -0.1) is 0 Å². The van der Waals surface area contributed by atoms with Crippen molar-refractivity contribution in [2.24, 2.45) is 0 Å². The third kappa shape index (κ3) is 76.7. The Labute approximate surface area is 572 Å². The van der Waals surface area contributed by atoms with Crippen LogP contribution in [0.2, 0.25) is 0 Å². The van der Waals surface area contributed by atoms with E-state index in [1.807, 2.05) is 21.1 Å². The smallest absolute Gasteiger partial charge is 0.462 e. The zero-order valence-electron chi connectivity index (χ0n) is 61.8. The van der Waals surface area contributed by atoms with Crippen LogP contribution in [-0.2, 0) is 32.7 Å². The van der Waals surface area contributed by atoms with E-state index in [0.717, 1.165) is 51.4 Å². The minimum absolute atomic E-state index is 0.0338. The van der Waals surface area contributed by atoms with Crippen LogP contribution in [0.1, 0.15) is 399 Å². The van der Waals surface area contributed by atoms with Gasteiger partial charge in [0.2, 0.25) is 0 Å². The van der Waals surface area contributed by atoms with Crippen molar-refractivity contribution in [1.82, 2.24) is 0 Å². The number of ether oxygens (including phenoxy) is 2. The van der Waals surface area contributed by atoms with E-state index in [1.54, 1.807) is 0 Å². The first-order valence-corrected chi connectivity index (χ1v) is 41.5. The molecule has 0 aromatic rings. The Morgan fingerprint density at radius 1 is 0.337 bits per heavy atom. The maximum Gasteiger partial charge on any atom is 0.472 e. The fourth-order valence-electron chi connectivity index (χ4n) is 11.9. The van der Waals surface area contributed by atoms with Gasteiger partial charge in [0.25, 0.3) is 0 Å². The number of carbonyl (C=O) groups excluding carboxylic acids is 2. The summed E-state index contributed by atoms with van der Waals surface area (Å²) < 4.78 is 34.8. The number of phosphoric acid groups is 1. The first-order valence-electron chi connectivity index (χ1n) is 40.0. The van der Waals surface area contributed by atoms with Crippen molar-refractivity contribution in [3.8, 4) is 0 Å². The summed E-state index contributed by atoms with van der Waals surface area (Å²) in [6, 6.07) is 0. The Balaban J connectivity index is 3.92. The molecular weight excluding hydrogens is 1160 g/mol. The molecular formula is C82H155NO8P+. The molecule has 540 valence electrons. The van der Waals surface area contributed by atoms with Gasteiger partial charge < -0.3 is 18.9 Å². The van der Waals surface area contributed by atoms with Gasteiger partial charge in [-0.25, -0.2) is 4.57 Å². The van der Waals surface area contributed by atoms with Crippen LogP contribution in [0.4, 0.5) is 0 Å². The zero-order chi connectivity index (χ0) is 66.9. The van der Waals surface area contributed by atoms with Gasteiger partial charge in [0, 0.05) is 12.8 Å². The molecule has 10 heteroatoms. The molecule has 0 saturated heterocycles. The summed E-state index contributed by atoms with van der Waals surface area (Å²) in [6.07, 6.45) is 98.0. The maximum atomic E-state index is 12.9. The first kappa shape index (κ1) is 89.7. The molecule has 0 fully saturated rings. The van der Waals surface area contributed by atoms with Gasteiger partial charge in [-0.2, -0.15) is 0 Å². The number of unbranched alkanes of at least 4 members (excludes halogenated alkanes) is 51. The van der Waals surface area contributed by atoms with Crippen molar-refractivity contribution >= 4 is 19.8 Å². The van der Waals surface area contributed by atoms with Crippen molar-refractivity contribution in [3.63, 3.8) is 0 Å². The highest BCUT2D eigenvalue weighted by Crippen LogP contribution is 2.43. The zero-order valence-corrected chi connectivity index (χ0v) is 62.7. The lowest BCUT2D eigenvalue weighted by atomic mass is 10.0.